The van der Waals surface area contributed by atoms with Crippen molar-refractivity contribution in [1.29, 1.82) is 0 Å². The first-order chi connectivity index (χ1) is 13.4. The van der Waals surface area contributed by atoms with Gasteiger partial charge < -0.3 is 9.88 Å². The average molecular weight is 399 g/mol. The molecule has 0 aliphatic carbocycles. The van der Waals surface area contributed by atoms with Crippen LogP contribution < -0.4 is 5.32 Å². The van der Waals surface area contributed by atoms with E-state index in [-0.39, 0.29) is 10.8 Å². The van der Waals surface area contributed by atoms with Gasteiger partial charge in [-0.1, -0.05) is 6.07 Å². The fourth-order valence-corrected chi connectivity index (χ4v) is 3.50. The number of hydrogen-bond donors (Lipinski definition) is 1. The van der Waals surface area contributed by atoms with E-state index in [0.717, 1.165) is 15.8 Å². The van der Waals surface area contributed by atoms with Gasteiger partial charge in [-0.2, -0.15) is 0 Å². The largest absolute Gasteiger partial charge is 0.350 e. The summed E-state index contributed by atoms with van der Waals surface area (Å²) in [4.78, 5) is 21.1. The maximum atomic E-state index is 12.3. The van der Waals surface area contributed by atoms with Gasteiger partial charge in [0.15, 0.2) is 5.82 Å². The molecule has 2 heterocycles. The zero-order valence-corrected chi connectivity index (χ0v) is 16.4. The van der Waals surface area contributed by atoms with Crippen LogP contribution >= 0.6 is 0 Å². The monoisotopic (exact) mass is 399 g/mol. The summed E-state index contributed by atoms with van der Waals surface area (Å²) in [5, 5.41) is 2.83. The van der Waals surface area contributed by atoms with Gasteiger partial charge in [-0.25, -0.2) is 17.7 Å². The van der Waals surface area contributed by atoms with E-state index in [1.165, 1.54) is 38.4 Å². The van der Waals surface area contributed by atoms with Crippen LogP contribution in [-0.2, 0) is 16.6 Å². The summed E-state index contributed by atoms with van der Waals surface area (Å²) in [6, 6.07) is 11.5. The van der Waals surface area contributed by atoms with Gasteiger partial charge in [0.05, 0.1) is 4.90 Å². The maximum absolute atomic E-state index is 12.3. The first-order valence-corrected chi connectivity index (χ1v) is 10.1. The Kier molecular flexibility index (Phi) is 5.86. The van der Waals surface area contributed by atoms with Crippen LogP contribution in [0.3, 0.4) is 0 Å². The van der Waals surface area contributed by atoms with Crippen LogP contribution in [0.1, 0.15) is 10.4 Å². The van der Waals surface area contributed by atoms with Crippen molar-refractivity contribution in [2.45, 2.75) is 11.4 Å². The molecule has 0 saturated heterocycles. The van der Waals surface area contributed by atoms with Crippen molar-refractivity contribution in [1.82, 2.24) is 24.2 Å². The molecule has 0 aliphatic heterocycles. The van der Waals surface area contributed by atoms with E-state index < -0.39 is 10.0 Å². The fourth-order valence-electron chi connectivity index (χ4n) is 2.60. The van der Waals surface area contributed by atoms with Crippen molar-refractivity contribution in [2.24, 2.45) is 0 Å². The van der Waals surface area contributed by atoms with Gasteiger partial charge in [-0.3, -0.25) is 9.78 Å². The highest BCUT2D eigenvalue weighted by molar-refractivity contribution is 7.89. The van der Waals surface area contributed by atoms with Gasteiger partial charge in [-0.15, -0.1) is 0 Å². The minimum atomic E-state index is -3.51. The van der Waals surface area contributed by atoms with Gasteiger partial charge in [0.25, 0.3) is 5.91 Å². The molecule has 0 bridgehead atoms. The molecule has 0 aliphatic rings. The third-order valence-corrected chi connectivity index (χ3v) is 5.97. The van der Waals surface area contributed by atoms with E-state index in [9.17, 15) is 13.2 Å². The second kappa shape index (κ2) is 8.32. The number of imidazole rings is 1. The van der Waals surface area contributed by atoms with Gasteiger partial charge in [-0.05, 0) is 36.4 Å². The third-order valence-electron chi connectivity index (χ3n) is 4.14. The highest BCUT2D eigenvalue weighted by Crippen LogP contribution is 2.15. The number of sulfonamides is 1. The molecule has 2 aromatic heterocycles. The SMILES string of the molecule is CN(C)S(=O)(=O)c1ccc(C(=O)NCCn2ccnc2-c2ccccn2)cc1. The Morgan fingerprint density at radius 2 is 1.82 bits per heavy atom. The highest BCUT2D eigenvalue weighted by Gasteiger charge is 2.17. The van der Waals surface area contributed by atoms with Crippen LogP contribution in [-0.4, -0.2) is 53.8 Å². The van der Waals surface area contributed by atoms with Crippen molar-refractivity contribution in [3.63, 3.8) is 0 Å². The Bertz CT molecular complexity index is 1040. The van der Waals surface area contributed by atoms with E-state index in [4.69, 9.17) is 0 Å². The smallest absolute Gasteiger partial charge is 0.251 e. The van der Waals surface area contributed by atoms with Gasteiger partial charge in [0.2, 0.25) is 10.0 Å². The summed E-state index contributed by atoms with van der Waals surface area (Å²) in [7, 11) is -0.584. The molecule has 0 spiro atoms. The normalized spacial score (nSPS) is 11.5. The number of nitrogens with one attached hydrogen (secondary N) is 1. The fraction of sp³-hybridized carbons (Fsp3) is 0.211. The number of hydrogen-bond acceptors (Lipinski definition) is 5. The average Bonchev–Trinajstić information content (AvgIpc) is 3.17. The molecule has 9 heteroatoms. The Balaban J connectivity index is 1.61. The summed E-state index contributed by atoms with van der Waals surface area (Å²) < 4.78 is 27.2. The Morgan fingerprint density at radius 1 is 1.07 bits per heavy atom. The molecular weight excluding hydrogens is 378 g/mol. The van der Waals surface area contributed by atoms with Crippen molar-refractivity contribution in [3.05, 3.63) is 66.6 Å². The molecular formula is C19H21N5O3S. The van der Waals surface area contributed by atoms with E-state index in [1.54, 1.807) is 12.4 Å². The minimum Gasteiger partial charge on any atom is -0.350 e. The van der Waals surface area contributed by atoms with Gasteiger partial charge in [0, 0.05) is 51.3 Å². The predicted molar refractivity (Wildman–Crippen MR) is 105 cm³/mol. The number of nitrogens with zero attached hydrogens (tertiary/aromatic N) is 4. The Morgan fingerprint density at radius 3 is 2.46 bits per heavy atom. The van der Waals surface area contributed by atoms with Crippen molar-refractivity contribution < 1.29 is 13.2 Å². The molecule has 0 radical (unpaired) electrons. The molecule has 0 saturated carbocycles. The van der Waals surface area contributed by atoms with Crippen molar-refractivity contribution in [3.8, 4) is 11.5 Å². The molecule has 8 nitrogen and oxygen atoms in total. The summed E-state index contributed by atoms with van der Waals surface area (Å²) in [5.74, 6) is 0.460. The summed E-state index contributed by atoms with van der Waals surface area (Å²) in [6.07, 6.45) is 5.23. The summed E-state index contributed by atoms with van der Waals surface area (Å²) in [5.41, 5.74) is 1.16. The van der Waals surface area contributed by atoms with E-state index in [0.29, 0.717) is 18.7 Å². The lowest BCUT2D eigenvalue weighted by atomic mass is 10.2. The molecule has 0 fully saturated rings. The Labute approximate surface area is 163 Å². The molecule has 0 unspecified atom stereocenters. The first kappa shape index (κ1) is 19.7. The number of benzene rings is 1. The number of amides is 1. The maximum Gasteiger partial charge on any atom is 0.251 e. The van der Waals surface area contributed by atoms with Crippen LogP contribution in [0.25, 0.3) is 11.5 Å². The van der Waals surface area contributed by atoms with E-state index >= 15 is 0 Å². The Hall–Kier alpha value is -3.04. The van der Waals surface area contributed by atoms with E-state index in [1.807, 2.05) is 29.0 Å². The number of carbonyl (C=O) groups excluding carboxylic acids is 1. The number of rotatable bonds is 7. The molecule has 0 atom stereocenters. The van der Waals surface area contributed by atoms with Crippen LogP contribution in [0, 0.1) is 0 Å². The molecule has 3 aromatic rings. The zero-order valence-electron chi connectivity index (χ0n) is 15.6. The number of pyridine rings is 1. The first-order valence-electron chi connectivity index (χ1n) is 8.63. The van der Waals surface area contributed by atoms with Crippen molar-refractivity contribution >= 4 is 15.9 Å². The quantitative estimate of drug-likeness (QED) is 0.651. The van der Waals surface area contributed by atoms with Crippen LogP contribution in [0.2, 0.25) is 0 Å². The third kappa shape index (κ3) is 4.26. The number of aromatic nitrogens is 3. The molecule has 28 heavy (non-hydrogen) atoms. The molecule has 1 aromatic carbocycles. The molecule has 1 amide bonds. The second-order valence-electron chi connectivity index (χ2n) is 6.23. The van der Waals surface area contributed by atoms with Crippen LogP contribution in [0.4, 0.5) is 0 Å². The molecule has 146 valence electrons. The van der Waals surface area contributed by atoms with Crippen LogP contribution in [0.15, 0.2) is 66.0 Å². The predicted octanol–water partition coefficient (Wildman–Crippen LogP) is 1.63. The summed E-state index contributed by atoms with van der Waals surface area (Å²) in [6.45, 7) is 0.928. The highest BCUT2D eigenvalue weighted by atomic mass is 32.2. The topological polar surface area (TPSA) is 97.2 Å². The molecule has 1 N–H and O–H groups in total. The van der Waals surface area contributed by atoms with E-state index in [2.05, 4.69) is 15.3 Å². The molecule has 3 rings (SSSR count). The standard InChI is InChI=1S/C19H21N5O3S/c1-23(2)28(26,27)16-8-6-15(7-9-16)19(25)22-12-14-24-13-11-21-18(24)17-5-3-4-10-20-17/h3-11,13H,12,14H2,1-2H3,(H,22,25). The number of carbonyl (C=O) groups is 1. The lowest BCUT2D eigenvalue weighted by molar-refractivity contribution is 0.0952. The zero-order chi connectivity index (χ0) is 20.1. The van der Waals surface area contributed by atoms with Crippen LogP contribution in [0.5, 0.6) is 0 Å². The van der Waals surface area contributed by atoms with Gasteiger partial charge >= 0.3 is 0 Å². The van der Waals surface area contributed by atoms with Gasteiger partial charge in [0.1, 0.15) is 5.69 Å². The lowest BCUT2D eigenvalue weighted by Gasteiger charge is -2.12. The van der Waals surface area contributed by atoms with Crippen molar-refractivity contribution in [2.75, 3.05) is 20.6 Å². The second-order valence-corrected chi connectivity index (χ2v) is 8.38. The minimum absolute atomic E-state index is 0.146. The summed E-state index contributed by atoms with van der Waals surface area (Å²) >= 11 is 0. The lowest BCUT2D eigenvalue weighted by Crippen LogP contribution is -2.27.